The number of amides is 2. The molecular weight excluding hydrogens is 270 g/mol. The fourth-order valence-corrected chi connectivity index (χ4v) is 2.49. The molecule has 2 heterocycles. The van der Waals surface area contributed by atoms with Crippen LogP contribution in [0, 0.1) is 0 Å². The molecule has 2 aromatic rings. The van der Waals surface area contributed by atoms with Crippen molar-refractivity contribution in [3.05, 3.63) is 24.3 Å². The van der Waals surface area contributed by atoms with Gasteiger partial charge >= 0.3 is 0 Å². The van der Waals surface area contributed by atoms with Crippen molar-refractivity contribution in [2.45, 2.75) is 31.8 Å². The molecule has 0 spiro atoms. The van der Waals surface area contributed by atoms with Crippen LogP contribution < -0.4 is 10.6 Å². The summed E-state index contributed by atoms with van der Waals surface area (Å²) in [6, 6.07) is 7.00. The van der Waals surface area contributed by atoms with Crippen LogP contribution >= 0.6 is 0 Å². The second kappa shape index (κ2) is 5.90. The average molecular weight is 287 g/mol. The molecule has 1 fully saturated rings. The van der Waals surface area contributed by atoms with Gasteiger partial charge in [0.1, 0.15) is 18.1 Å². The van der Waals surface area contributed by atoms with Gasteiger partial charge in [0, 0.05) is 6.54 Å². The molecular formula is C14H17N5O2. The molecule has 2 N–H and O–H groups in total. The predicted molar refractivity (Wildman–Crippen MR) is 76.3 cm³/mol. The predicted octanol–water partition coefficient (Wildman–Crippen LogP) is 0.216. The maximum atomic E-state index is 12.1. The van der Waals surface area contributed by atoms with Gasteiger partial charge in [0.15, 0.2) is 0 Å². The van der Waals surface area contributed by atoms with E-state index in [4.69, 9.17) is 0 Å². The highest BCUT2D eigenvalue weighted by atomic mass is 16.2. The monoisotopic (exact) mass is 287 g/mol. The van der Waals surface area contributed by atoms with Gasteiger partial charge in [-0.15, -0.1) is 5.10 Å². The van der Waals surface area contributed by atoms with E-state index < -0.39 is 6.04 Å². The van der Waals surface area contributed by atoms with Crippen LogP contribution in [0.25, 0.3) is 11.0 Å². The van der Waals surface area contributed by atoms with E-state index in [1.165, 1.54) is 0 Å². The van der Waals surface area contributed by atoms with Gasteiger partial charge in [-0.05, 0) is 31.4 Å². The second-order valence-corrected chi connectivity index (χ2v) is 5.14. The van der Waals surface area contributed by atoms with E-state index >= 15 is 0 Å². The molecule has 7 nitrogen and oxygen atoms in total. The third-order valence-electron chi connectivity index (χ3n) is 3.58. The van der Waals surface area contributed by atoms with E-state index in [1.807, 2.05) is 24.3 Å². The fraction of sp³-hybridized carbons (Fsp3) is 0.429. The highest BCUT2D eigenvalue weighted by Gasteiger charge is 2.22. The smallest absolute Gasteiger partial charge is 0.242 e. The lowest BCUT2D eigenvalue weighted by Crippen LogP contribution is -2.46. The lowest BCUT2D eigenvalue weighted by molar-refractivity contribution is -0.129. The van der Waals surface area contributed by atoms with Crippen LogP contribution in [0.1, 0.15) is 19.3 Å². The van der Waals surface area contributed by atoms with E-state index in [0.29, 0.717) is 13.0 Å². The molecule has 1 aromatic heterocycles. The molecule has 2 amide bonds. The molecule has 7 heteroatoms. The Labute approximate surface area is 121 Å². The average Bonchev–Trinajstić information content (AvgIpc) is 2.77. The van der Waals surface area contributed by atoms with Crippen molar-refractivity contribution in [1.29, 1.82) is 0 Å². The number of aromatic nitrogens is 3. The zero-order chi connectivity index (χ0) is 14.7. The van der Waals surface area contributed by atoms with Crippen molar-refractivity contribution in [1.82, 2.24) is 25.6 Å². The molecule has 0 bridgehead atoms. The molecule has 1 atom stereocenters. The molecule has 110 valence electrons. The van der Waals surface area contributed by atoms with Gasteiger partial charge < -0.3 is 10.6 Å². The highest BCUT2D eigenvalue weighted by molar-refractivity contribution is 5.88. The van der Waals surface area contributed by atoms with Crippen LogP contribution in [0.2, 0.25) is 0 Å². The van der Waals surface area contributed by atoms with Gasteiger partial charge in [-0.25, -0.2) is 4.68 Å². The Morgan fingerprint density at radius 1 is 1.38 bits per heavy atom. The normalized spacial score (nSPS) is 19.0. The Morgan fingerprint density at radius 3 is 3.14 bits per heavy atom. The molecule has 1 aliphatic heterocycles. The number of rotatable bonds is 3. The number of hydrogen-bond acceptors (Lipinski definition) is 4. The first kappa shape index (κ1) is 13.5. The molecule has 21 heavy (non-hydrogen) atoms. The summed E-state index contributed by atoms with van der Waals surface area (Å²) in [6.07, 6.45) is 2.55. The number of nitrogens with one attached hydrogen (secondary N) is 2. The second-order valence-electron chi connectivity index (χ2n) is 5.14. The van der Waals surface area contributed by atoms with E-state index in [-0.39, 0.29) is 18.4 Å². The summed E-state index contributed by atoms with van der Waals surface area (Å²) >= 11 is 0. The number of hydrogen-bond donors (Lipinski definition) is 2. The minimum absolute atomic E-state index is 0.0598. The lowest BCUT2D eigenvalue weighted by atomic mass is 10.1. The standard InChI is InChI=1S/C14H17N5O2/c20-13(16-11-6-3-4-8-15-14(11)21)9-19-12-7-2-1-5-10(12)17-18-19/h1-2,5,7,11H,3-4,6,8-9H2,(H,15,21)(H,16,20). The number of carbonyl (C=O) groups excluding carboxylic acids is 2. The zero-order valence-corrected chi connectivity index (χ0v) is 11.6. The molecule has 0 radical (unpaired) electrons. The third kappa shape index (κ3) is 3.01. The molecule has 1 aliphatic rings. The van der Waals surface area contributed by atoms with Gasteiger partial charge in [-0.1, -0.05) is 17.3 Å². The molecule has 0 aliphatic carbocycles. The zero-order valence-electron chi connectivity index (χ0n) is 11.6. The van der Waals surface area contributed by atoms with E-state index in [2.05, 4.69) is 20.9 Å². The summed E-state index contributed by atoms with van der Waals surface area (Å²) in [4.78, 5) is 23.9. The van der Waals surface area contributed by atoms with E-state index in [1.54, 1.807) is 4.68 Å². The van der Waals surface area contributed by atoms with Gasteiger partial charge in [0.2, 0.25) is 11.8 Å². The van der Waals surface area contributed by atoms with Crippen molar-refractivity contribution < 1.29 is 9.59 Å². The van der Waals surface area contributed by atoms with E-state index in [0.717, 1.165) is 23.9 Å². The van der Waals surface area contributed by atoms with Crippen LogP contribution in [0.4, 0.5) is 0 Å². The quantitative estimate of drug-likeness (QED) is 0.845. The van der Waals surface area contributed by atoms with Crippen LogP contribution in [0.3, 0.4) is 0 Å². The molecule has 3 rings (SSSR count). The van der Waals surface area contributed by atoms with E-state index in [9.17, 15) is 9.59 Å². The third-order valence-corrected chi connectivity index (χ3v) is 3.58. The van der Waals surface area contributed by atoms with Crippen molar-refractivity contribution >= 4 is 22.8 Å². The maximum Gasteiger partial charge on any atom is 0.242 e. The first-order chi connectivity index (χ1) is 10.2. The number of para-hydroxylation sites is 1. The fourth-order valence-electron chi connectivity index (χ4n) is 2.49. The SMILES string of the molecule is O=C(Cn1nnc2ccccc21)NC1CCCCNC1=O. The van der Waals surface area contributed by atoms with Crippen molar-refractivity contribution in [3.63, 3.8) is 0 Å². The summed E-state index contributed by atoms with van der Waals surface area (Å²) in [7, 11) is 0. The number of fused-ring (bicyclic) bond motifs is 1. The van der Waals surface area contributed by atoms with Crippen LogP contribution in [0.5, 0.6) is 0 Å². The van der Waals surface area contributed by atoms with Crippen LogP contribution in [-0.2, 0) is 16.1 Å². The number of nitrogens with zero attached hydrogens (tertiary/aromatic N) is 3. The van der Waals surface area contributed by atoms with Crippen LogP contribution in [0.15, 0.2) is 24.3 Å². The number of carbonyl (C=O) groups is 2. The summed E-state index contributed by atoms with van der Waals surface area (Å²) in [6.45, 7) is 0.739. The molecule has 1 unspecified atom stereocenters. The van der Waals surface area contributed by atoms with Crippen molar-refractivity contribution in [3.8, 4) is 0 Å². The summed E-state index contributed by atoms with van der Waals surface area (Å²) in [5.41, 5.74) is 1.55. The summed E-state index contributed by atoms with van der Waals surface area (Å²) in [5.74, 6) is -0.336. The summed E-state index contributed by atoms with van der Waals surface area (Å²) < 4.78 is 1.54. The van der Waals surface area contributed by atoms with Crippen molar-refractivity contribution in [2.24, 2.45) is 0 Å². The first-order valence-corrected chi connectivity index (χ1v) is 7.09. The minimum Gasteiger partial charge on any atom is -0.354 e. The maximum absolute atomic E-state index is 12.1. The number of benzene rings is 1. The minimum atomic E-state index is -0.449. The Morgan fingerprint density at radius 2 is 2.24 bits per heavy atom. The Balaban J connectivity index is 1.67. The Kier molecular flexibility index (Phi) is 3.81. The Bertz CT molecular complexity index is 666. The van der Waals surface area contributed by atoms with Crippen LogP contribution in [-0.4, -0.2) is 39.4 Å². The molecule has 0 saturated carbocycles. The largest absolute Gasteiger partial charge is 0.354 e. The van der Waals surface area contributed by atoms with Gasteiger partial charge in [-0.3, -0.25) is 9.59 Å². The molecule has 1 saturated heterocycles. The Hall–Kier alpha value is -2.44. The highest BCUT2D eigenvalue weighted by Crippen LogP contribution is 2.10. The van der Waals surface area contributed by atoms with Crippen molar-refractivity contribution in [2.75, 3.05) is 6.54 Å². The summed E-state index contributed by atoms with van der Waals surface area (Å²) in [5, 5.41) is 13.5. The first-order valence-electron chi connectivity index (χ1n) is 7.09. The van der Waals surface area contributed by atoms with Gasteiger partial charge in [0.05, 0.1) is 5.52 Å². The topological polar surface area (TPSA) is 88.9 Å². The molecule has 1 aromatic carbocycles. The van der Waals surface area contributed by atoms with Gasteiger partial charge in [-0.2, -0.15) is 0 Å². The lowest BCUT2D eigenvalue weighted by Gasteiger charge is -2.15. The van der Waals surface area contributed by atoms with Gasteiger partial charge in [0.25, 0.3) is 0 Å².